The van der Waals surface area contributed by atoms with Crippen molar-refractivity contribution >= 4 is 34.9 Å². The van der Waals surface area contributed by atoms with Gasteiger partial charge in [-0.1, -0.05) is 47.5 Å². The molecule has 1 atom stereocenters. The number of carbonyl (C=O) groups excluding carboxylic acids is 2. The molecule has 210 valence electrons. The Morgan fingerprint density at radius 1 is 1.05 bits per heavy atom. The molecule has 1 fully saturated rings. The molecule has 3 aromatic rings. The number of benzene rings is 3. The van der Waals surface area contributed by atoms with Gasteiger partial charge in [-0.3, -0.25) is 9.59 Å². The monoisotopic (exact) mass is 580 g/mol. The van der Waals surface area contributed by atoms with Crippen LogP contribution in [0.1, 0.15) is 57.9 Å². The maximum atomic E-state index is 13.1. The first-order chi connectivity index (χ1) is 19.3. The Balaban J connectivity index is 1.23. The van der Waals surface area contributed by atoms with Gasteiger partial charge >= 0.3 is 0 Å². The molecule has 40 heavy (non-hydrogen) atoms. The second-order valence-electron chi connectivity index (χ2n) is 10.8. The summed E-state index contributed by atoms with van der Waals surface area (Å²) in [5.74, 6) is 1.49. The fourth-order valence-corrected chi connectivity index (χ4v) is 6.05. The number of nitrogens with zero attached hydrogens (tertiary/aromatic N) is 2. The minimum absolute atomic E-state index is 0.0115. The third-order valence-corrected chi connectivity index (χ3v) is 8.87. The summed E-state index contributed by atoms with van der Waals surface area (Å²) >= 11 is 12.6. The molecule has 3 aromatic carbocycles. The number of piperidine rings is 1. The van der Waals surface area contributed by atoms with E-state index in [0.717, 1.165) is 44.5 Å². The lowest BCUT2D eigenvalue weighted by molar-refractivity contribution is -0.00961. The Hall–Kier alpha value is -3.06. The van der Waals surface area contributed by atoms with E-state index < -0.39 is 5.60 Å². The molecule has 0 saturated carbocycles. The van der Waals surface area contributed by atoms with Crippen LogP contribution in [-0.4, -0.2) is 67.4 Å². The number of hydrogen-bond donors (Lipinski definition) is 0. The summed E-state index contributed by atoms with van der Waals surface area (Å²) in [6.07, 6.45) is 2.81. The zero-order valence-corrected chi connectivity index (χ0v) is 24.4. The molecule has 1 saturated heterocycles. The first-order valence-electron chi connectivity index (χ1n) is 13.6. The van der Waals surface area contributed by atoms with E-state index in [0.29, 0.717) is 45.6 Å². The van der Waals surface area contributed by atoms with Gasteiger partial charge in [0.1, 0.15) is 17.1 Å². The lowest BCUT2D eigenvalue weighted by atomic mass is 9.82. The van der Waals surface area contributed by atoms with Crippen LogP contribution in [0, 0.1) is 0 Å². The van der Waals surface area contributed by atoms with Crippen LogP contribution in [0.4, 0.5) is 0 Å². The molecule has 2 aliphatic heterocycles. The molecule has 8 heteroatoms. The Morgan fingerprint density at radius 3 is 2.50 bits per heavy atom. The third-order valence-electron chi connectivity index (χ3n) is 8.13. The van der Waals surface area contributed by atoms with Crippen LogP contribution in [0.25, 0.3) is 0 Å². The minimum Gasteiger partial charge on any atom is -0.497 e. The van der Waals surface area contributed by atoms with Crippen molar-refractivity contribution in [3.05, 3.63) is 93.5 Å². The molecule has 5 rings (SSSR count). The molecular formula is C32H34Cl2N2O4. The van der Waals surface area contributed by atoms with E-state index >= 15 is 0 Å². The number of likely N-dealkylation sites (N-methyl/N-ethyl adjacent to an activating group) is 1. The third kappa shape index (κ3) is 6.30. The summed E-state index contributed by atoms with van der Waals surface area (Å²) in [5.41, 5.74) is 1.87. The standard InChI is InChI=1S/C32H34Cl2N2O4/c1-35(31(38)22-6-4-3-5-7-22)21-24(23-8-10-27(33)28(34)18-23)12-15-36-16-13-32(14-17-36)20-29(37)26-19-25(39-2)9-11-30(26)40-32/h3-11,18-19,24H,12-17,20-21H2,1-2H3/t24-/m1/s1. The first kappa shape index (κ1) is 28.5. The van der Waals surface area contributed by atoms with E-state index in [9.17, 15) is 9.59 Å². The molecule has 1 amide bonds. The van der Waals surface area contributed by atoms with Gasteiger partial charge in [0.25, 0.3) is 5.91 Å². The van der Waals surface area contributed by atoms with Crippen LogP contribution >= 0.6 is 23.2 Å². The zero-order valence-electron chi connectivity index (χ0n) is 22.9. The average molecular weight is 582 g/mol. The summed E-state index contributed by atoms with van der Waals surface area (Å²) in [5, 5.41) is 1.03. The van der Waals surface area contributed by atoms with Crippen molar-refractivity contribution in [1.29, 1.82) is 0 Å². The van der Waals surface area contributed by atoms with Crippen LogP contribution in [-0.2, 0) is 0 Å². The van der Waals surface area contributed by atoms with Gasteiger partial charge in [0.15, 0.2) is 5.78 Å². The van der Waals surface area contributed by atoms with Gasteiger partial charge in [0, 0.05) is 51.0 Å². The van der Waals surface area contributed by atoms with E-state index in [1.165, 1.54) is 0 Å². The van der Waals surface area contributed by atoms with E-state index in [1.807, 2.05) is 67.7 Å². The summed E-state index contributed by atoms with van der Waals surface area (Å²) in [4.78, 5) is 30.3. The van der Waals surface area contributed by atoms with Crippen molar-refractivity contribution in [3.8, 4) is 11.5 Å². The predicted molar refractivity (Wildman–Crippen MR) is 158 cm³/mol. The molecule has 2 aliphatic rings. The number of methoxy groups -OCH3 is 1. The highest BCUT2D eigenvalue weighted by molar-refractivity contribution is 6.42. The number of hydrogen-bond acceptors (Lipinski definition) is 5. The molecule has 6 nitrogen and oxygen atoms in total. The largest absolute Gasteiger partial charge is 0.497 e. The van der Waals surface area contributed by atoms with Crippen LogP contribution in [0.15, 0.2) is 66.7 Å². The van der Waals surface area contributed by atoms with Crippen molar-refractivity contribution in [3.63, 3.8) is 0 Å². The highest BCUT2D eigenvalue weighted by Gasteiger charge is 2.43. The van der Waals surface area contributed by atoms with E-state index in [-0.39, 0.29) is 17.6 Å². The number of Topliss-reactive ketones (excluding diaryl/α,β-unsaturated/α-hetero) is 1. The van der Waals surface area contributed by atoms with E-state index in [4.69, 9.17) is 32.7 Å². The van der Waals surface area contributed by atoms with Crippen LogP contribution < -0.4 is 9.47 Å². The van der Waals surface area contributed by atoms with Gasteiger partial charge in [0.05, 0.1) is 29.1 Å². The highest BCUT2D eigenvalue weighted by Crippen LogP contribution is 2.41. The van der Waals surface area contributed by atoms with Gasteiger partial charge in [-0.25, -0.2) is 0 Å². The number of halogens is 2. The molecule has 0 unspecified atom stereocenters. The molecule has 2 heterocycles. The lowest BCUT2D eigenvalue weighted by Gasteiger charge is -2.44. The van der Waals surface area contributed by atoms with Gasteiger partial charge < -0.3 is 19.3 Å². The van der Waals surface area contributed by atoms with Crippen molar-refractivity contribution in [1.82, 2.24) is 9.80 Å². The Kier molecular flexibility index (Phi) is 8.69. The molecule has 0 N–H and O–H groups in total. The number of likely N-dealkylation sites (tertiary alicyclic amines) is 1. The highest BCUT2D eigenvalue weighted by atomic mass is 35.5. The molecular weight excluding hydrogens is 547 g/mol. The molecule has 0 radical (unpaired) electrons. The second kappa shape index (κ2) is 12.2. The van der Waals surface area contributed by atoms with Crippen LogP contribution in [0.2, 0.25) is 10.0 Å². The summed E-state index contributed by atoms with van der Waals surface area (Å²) in [7, 11) is 3.44. The number of rotatable bonds is 8. The fraction of sp³-hybridized carbons (Fsp3) is 0.375. The Bertz CT molecular complexity index is 1370. The van der Waals surface area contributed by atoms with E-state index in [1.54, 1.807) is 18.1 Å². The fourth-order valence-electron chi connectivity index (χ4n) is 5.75. The topological polar surface area (TPSA) is 59.1 Å². The molecule has 0 aliphatic carbocycles. The van der Waals surface area contributed by atoms with Gasteiger partial charge in [-0.15, -0.1) is 0 Å². The van der Waals surface area contributed by atoms with Crippen molar-refractivity contribution < 1.29 is 19.1 Å². The maximum Gasteiger partial charge on any atom is 0.253 e. The van der Waals surface area contributed by atoms with Crippen molar-refractivity contribution in [2.45, 2.75) is 37.2 Å². The van der Waals surface area contributed by atoms with Gasteiger partial charge in [-0.05, 0) is 61.0 Å². The second-order valence-corrected chi connectivity index (χ2v) is 11.6. The van der Waals surface area contributed by atoms with Crippen LogP contribution in [0.5, 0.6) is 11.5 Å². The smallest absolute Gasteiger partial charge is 0.253 e. The predicted octanol–water partition coefficient (Wildman–Crippen LogP) is 6.75. The summed E-state index contributed by atoms with van der Waals surface area (Å²) in [6.45, 7) is 3.09. The van der Waals surface area contributed by atoms with Crippen molar-refractivity contribution in [2.24, 2.45) is 0 Å². The number of ketones is 1. The minimum atomic E-state index is -0.458. The quantitative estimate of drug-likeness (QED) is 0.295. The van der Waals surface area contributed by atoms with Gasteiger partial charge in [-0.2, -0.15) is 0 Å². The normalized spacial score (nSPS) is 17.1. The Morgan fingerprint density at radius 2 is 1.80 bits per heavy atom. The number of carbonyl (C=O) groups is 2. The first-order valence-corrected chi connectivity index (χ1v) is 14.4. The zero-order chi connectivity index (χ0) is 28.3. The number of amides is 1. The lowest BCUT2D eigenvalue weighted by Crippen LogP contribution is -2.51. The maximum absolute atomic E-state index is 13.1. The average Bonchev–Trinajstić information content (AvgIpc) is 2.97. The van der Waals surface area contributed by atoms with Crippen molar-refractivity contribution in [2.75, 3.05) is 40.3 Å². The van der Waals surface area contributed by atoms with E-state index in [2.05, 4.69) is 4.90 Å². The SMILES string of the molecule is COc1ccc2c(c1)C(=O)CC1(CCN(CC[C@H](CN(C)C(=O)c3ccccc3)c3ccc(Cl)c(Cl)c3)CC1)O2. The molecule has 0 aromatic heterocycles. The van der Waals surface area contributed by atoms with Crippen LogP contribution in [0.3, 0.4) is 0 Å². The van der Waals surface area contributed by atoms with Gasteiger partial charge in [0.2, 0.25) is 0 Å². The summed E-state index contributed by atoms with van der Waals surface area (Å²) in [6, 6.07) is 20.5. The Labute approximate surface area is 245 Å². The number of ether oxygens (including phenoxy) is 2. The number of fused-ring (bicyclic) bond motifs is 1. The summed E-state index contributed by atoms with van der Waals surface area (Å²) < 4.78 is 11.7. The molecule has 0 bridgehead atoms. The molecule has 1 spiro atoms.